The number of alkyl halides is 1. The van der Waals surface area contributed by atoms with Crippen LogP contribution in [0, 0.1) is 0 Å². The van der Waals surface area contributed by atoms with Crippen LogP contribution in [0.2, 0.25) is 29.4 Å². The summed E-state index contributed by atoms with van der Waals surface area (Å²) in [6.45, 7) is 10.7. The summed E-state index contributed by atoms with van der Waals surface area (Å²) >= 11 is 8.41. The fourth-order valence-electron chi connectivity index (χ4n) is 9.95. The number of hydrogen-bond donors (Lipinski definition) is 0. The standard InChI is InChI=1S/C54H53ClSi4Te/c1-56(45-29-13-5-14-30-45,46-31-15-6-16-32-46)53(57(2,47-33-17-7-18-34-47)48-35-19-8-20-36-48)60-54(55,58(3,49-37-21-9-22-38-49)50-39-23-10-24-40-50)59(4,51-41-25-11-26-42-51)52-43-27-12-28-44-52/h5-44,53H,1-4H3. The molecule has 6 heteroatoms. The monoisotopic (exact) mass is 978 g/mol. The molecule has 0 saturated carbocycles. The molecule has 0 atom stereocenters. The van der Waals surface area contributed by atoms with Crippen molar-refractivity contribution in [2.24, 2.45) is 0 Å². The zero-order valence-corrected chi connectivity index (χ0v) is 42.0. The third-order valence-corrected chi connectivity index (χ3v) is 59.4. The average molecular weight is 977 g/mol. The van der Waals surface area contributed by atoms with E-state index in [-0.39, 0.29) is 0 Å². The van der Waals surface area contributed by atoms with Gasteiger partial charge in [-0.1, -0.05) is 0 Å². The SMILES string of the molecule is C[Si](c1ccccc1)(c1ccccc1)C([Te]C(Cl)([Si](C)(c1ccccc1)c1ccccc1)[Si](C)(c1ccccc1)c1ccccc1)[Si](C)(c1ccccc1)c1ccccc1. The molecule has 0 aliphatic rings. The Labute approximate surface area is 377 Å². The number of hydrogen-bond acceptors (Lipinski definition) is 0. The zero-order chi connectivity index (χ0) is 41.7. The van der Waals surface area contributed by atoms with Crippen molar-refractivity contribution >= 4 is 106 Å². The Morgan fingerprint density at radius 2 is 0.467 bits per heavy atom. The summed E-state index contributed by atoms with van der Waals surface area (Å²) < 4.78 is -0.238. The van der Waals surface area contributed by atoms with E-state index in [0.717, 1.165) is 0 Å². The first-order chi connectivity index (χ1) is 29.2. The number of benzene rings is 8. The van der Waals surface area contributed by atoms with Gasteiger partial charge in [-0.25, -0.2) is 0 Å². The van der Waals surface area contributed by atoms with E-state index in [1.54, 1.807) is 0 Å². The predicted octanol–water partition coefficient (Wildman–Crippen LogP) is 8.14. The van der Waals surface area contributed by atoms with Crippen LogP contribution in [-0.4, -0.2) is 55.4 Å². The summed E-state index contributed by atoms with van der Waals surface area (Å²) in [5.41, 5.74) is 0. The van der Waals surface area contributed by atoms with Crippen LogP contribution in [0.3, 0.4) is 0 Å². The van der Waals surface area contributed by atoms with E-state index in [2.05, 4.69) is 269 Å². The maximum absolute atomic E-state index is 9.67. The van der Waals surface area contributed by atoms with Gasteiger partial charge in [0.15, 0.2) is 0 Å². The molecule has 0 heterocycles. The van der Waals surface area contributed by atoms with E-state index < -0.39 is 55.4 Å². The number of rotatable bonds is 14. The molecule has 0 unspecified atom stereocenters. The van der Waals surface area contributed by atoms with Gasteiger partial charge in [0, 0.05) is 0 Å². The van der Waals surface area contributed by atoms with Gasteiger partial charge in [0.1, 0.15) is 0 Å². The fraction of sp³-hybridized carbons (Fsp3) is 0.111. The minimum atomic E-state index is -2.95. The third kappa shape index (κ3) is 7.33. The molecular formula is C54H53ClSi4Te. The zero-order valence-electron chi connectivity index (χ0n) is 35.0. The Morgan fingerprint density at radius 1 is 0.300 bits per heavy atom. The van der Waals surface area contributed by atoms with E-state index in [4.69, 9.17) is 0 Å². The Hall–Kier alpha value is -4.29. The second-order valence-electron chi connectivity index (χ2n) is 16.7. The van der Waals surface area contributed by atoms with Gasteiger partial charge in [-0.05, 0) is 0 Å². The van der Waals surface area contributed by atoms with Crippen LogP contribution in [-0.2, 0) is 0 Å². The van der Waals surface area contributed by atoms with Crippen molar-refractivity contribution in [3.63, 3.8) is 0 Å². The Kier molecular flexibility index (Phi) is 12.7. The number of halogens is 1. The molecule has 8 aromatic rings. The van der Waals surface area contributed by atoms with Crippen LogP contribution in [0.4, 0.5) is 0 Å². The molecule has 0 aromatic heterocycles. The van der Waals surface area contributed by atoms with Gasteiger partial charge in [0.2, 0.25) is 0 Å². The van der Waals surface area contributed by atoms with E-state index in [1.165, 1.54) is 41.5 Å². The van der Waals surface area contributed by atoms with Gasteiger partial charge >= 0.3 is 381 Å². The topological polar surface area (TPSA) is 0 Å². The second kappa shape index (κ2) is 18.0. The average Bonchev–Trinajstić information content (AvgIpc) is 3.34. The first-order valence-electron chi connectivity index (χ1n) is 21.0. The second-order valence-corrected chi connectivity index (χ2v) is 44.8. The molecule has 0 radical (unpaired) electrons. The van der Waals surface area contributed by atoms with Crippen molar-refractivity contribution in [2.45, 2.75) is 31.6 Å². The molecule has 0 N–H and O–H groups in total. The quantitative estimate of drug-likeness (QED) is 0.0764. The van der Waals surface area contributed by atoms with Crippen molar-refractivity contribution in [1.29, 1.82) is 0 Å². The molecule has 0 spiro atoms. The third-order valence-electron chi connectivity index (χ3n) is 13.5. The van der Waals surface area contributed by atoms with E-state index in [9.17, 15) is 11.6 Å². The molecule has 8 rings (SSSR count). The Morgan fingerprint density at radius 3 is 0.650 bits per heavy atom. The fourth-order valence-corrected chi connectivity index (χ4v) is 62.0. The minimum absolute atomic E-state index is 0.334. The first kappa shape index (κ1) is 42.4. The molecule has 8 aromatic carbocycles. The van der Waals surface area contributed by atoms with E-state index in [0.29, 0.717) is 3.21 Å². The molecule has 60 heavy (non-hydrogen) atoms. The predicted molar refractivity (Wildman–Crippen MR) is 273 cm³/mol. The molecule has 0 saturated heterocycles. The van der Waals surface area contributed by atoms with Gasteiger partial charge in [-0.2, -0.15) is 0 Å². The van der Waals surface area contributed by atoms with E-state index >= 15 is 0 Å². The summed E-state index contributed by atoms with van der Waals surface area (Å²) in [6.07, 6.45) is 0. The summed E-state index contributed by atoms with van der Waals surface area (Å²) in [6, 6.07) is 92.6. The molecule has 0 aliphatic heterocycles. The van der Waals surface area contributed by atoms with Crippen LogP contribution in [0.15, 0.2) is 243 Å². The van der Waals surface area contributed by atoms with Crippen molar-refractivity contribution in [2.75, 3.05) is 0 Å². The first-order valence-corrected chi connectivity index (χ1v) is 34.0. The summed E-state index contributed by atoms with van der Waals surface area (Å²) in [5, 5.41) is 11.6. The molecule has 0 nitrogen and oxygen atoms in total. The van der Waals surface area contributed by atoms with Gasteiger partial charge in [-0.3, -0.25) is 0 Å². The van der Waals surface area contributed by atoms with Crippen LogP contribution < -0.4 is 41.5 Å². The van der Waals surface area contributed by atoms with Crippen LogP contribution in [0.25, 0.3) is 0 Å². The Balaban J connectivity index is 1.58. The molecule has 0 amide bonds. The normalized spacial score (nSPS) is 12.6. The van der Waals surface area contributed by atoms with Crippen molar-refractivity contribution in [3.8, 4) is 0 Å². The van der Waals surface area contributed by atoms with Gasteiger partial charge in [-0.15, -0.1) is 0 Å². The van der Waals surface area contributed by atoms with Gasteiger partial charge in [0.25, 0.3) is 0 Å². The maximum atomic E-state index is 9.67. The van der Waals surface area contributed by atoms with Crippen molar-refractivity contribution in [1.82, 2.24) is 0 Å². The summed E-state index contributed by atoms with van der Waals surface area (Å²) in [7, 11) is -11.3. The Bertz CT molecular complexity index is 2230. The summed E-state index contributed by atoms with van der Waals surface area (Å²) in [4.78, 5) is 0. The molecule has 298 valence electrons. The molecular weight excluding hydrogens is 924 g/mol. The summed E-state index contributed by atoms with van der Waals surface area (Å²) in [5.74, 6) is 0. The van der Waals surface area contributed by atoms with Crippen LogP contribution in [0.1, 0.15) is 0 Å². The van der Waals surface area contributed by atoms with Crippen molar-refractivity contribution in [3.05, 3.63) is 243 Å². The van der Waals surface area contributed by atoms with Gasteiger partial charge in [0.05, 0.1) is 0 Å². The van der Waals surface area contributed by atoms with Gasteiger partial charge < -0.3 is 0 Å². The van der Waals surface area contributed by atoms with E-state index in [1.807, 2.05) is 0 Å². The van der Waals surface area contributed by atoms with Crippen LogP contribution in [0.5, 0.6) is 0 Å². The van der Waals surface area contributed by atoms with Crippen molar-refractivity contribution < 1.29 is 0 Å². The molecule has 0 fully saturated rings. The van der Waals surface area contributed by atoms with Crippen LogP contribution >= 0.6 is 11.6 Å². The molecule has 0 aliphatic carbocycles. The molecule has 0 bridgehead atoms.